The smallest absolute Gasteiger partial charge is 0.339 e. The molecule has 0 radical (unpaired) electrons. The van der Waals surface area contributed by atoms with E-state index in [2.05, 4.69) is 4.98 Å². The first-order chi connectivity index (χ1) is 8.79. The van der Waals surface area contributed by atoms with Gasteiger partial charge in [0.1, 0.15) is 5.60 Å². The molecular formula is C14H16N2O3. The van der Waals surface area contributed by atoms with Crippen molar-refractivity contribution in [3.8, 4) is 0 Å². The van der Waals surface area contributed by atoms with E-state index in [1.54, 1.807) is 39.1 Å². The first kappa shape index (κ1) is 13.1. The Morgan fingerprint density at radius 1 is 1.16 bits per heavy atom. The molecule has 0 aliphatic rings. The standard InChI is InChI=1S/C14H16N2O3/c1-14(2,3)19-13(18)9-4-5-10(12(15)17)11-8(9)6-7-16-11/h4-7,16H,1-3H3,(H2,15,17). The van der Waals surface area contributed by atoms with E-state index in [1.165, 1.54) is 6.07 Å². The van der Waals surface area contributed by atoms with Crippen LogP contribution in [-0.2, 0) is 4.74 Å². The number of carbonyl (C=O) groups excluding carboxylic acids is 2. The molecule has 0 bridgehead atoms. The second kappa shape index (κ2) is 4.42. The lowest BCUT2D eigenvalue weighted by atomic mass is 10.0. The van der Waals surface area contributed by atoms with Crippen molar-refractivity contribution < 1.29 is 14.3 Å². The molecule has 0 unspecified atom stereocenters. The molecule has 3 N–H and O–H groups in total. The van der Waals surface area contributed by atoms with E-state index >= 15 is 0 Å². The zero-order valence-corrected chi connectivity index (χ0v) is 11.1. The van der Waals surface area contributed by atoms with Crippen molar-refractivity contribution in [1.82, 2.24) is 4.98 Å². The third-order valence-electron chi connectivity index (χ3n) is 2.61. The van der Waals surface area contributed by atoms with Gasteiger partial charge in [0.2, 0.25) is 0 Å². The average molecular weight is 260 g/mol. The number of H-pyrrole nitrogens is 1. The van der Waals surface area contributed by atoms with Gasteiger partial charge in [0.25, 0.3) is 5.91 Å². The molecule has 100 valence electrons. The summed E-state index contributed by atoms with van der Waals surface area (Å²) in [4.78, 5) is 26.3. The second-order valence-corrected chi connectivity index (χ2v) is 5.29. The number of fused-ring (bicyclic) bond motifs is 1. The molecule has 0 saturated carbocycles. The maximum Gasteiger partial charge on any atom is 0.339 e. The van der Waals surface area contributed by atoms with Crippen LogP contribution in [0.5, 0.6) is 0 Å². The van der Waals surface area contributed by atoms with Crippen LogP contribution in [0.3, 0.4) is 0 Å². The van der Waals surface area contributed by atoms with Crippen molar-refractivity contribution in [3.05, 3.63) is 35.5 Å². The maximum absolute atomic E-state index is 12.1. The number of carbonyl (C=O) groups is 2. The summed E-state index contributed by atoms with van der Waals surface area (Å²) in [6.45, 7) is 5.41. The van der Waals surface area contributed by atoms with Crippen molar-refractivity contribution in [2.75, 3.05) is 0 Å². The Morgan fingerprint density at radius 2 is 1.79 bits per heavy atom. The van der Waals surface area contributed by atoms with Gasteiger partial charge in [-0.05, 0) is 39.0 Å². The molecule has 0 aliphatic heterocycles. The molecule has 0 saturated heterocycles. The Balaban J connectivity index is 2.52. The predicted molar refractivity (Wildman–Crippen MR) is 72.0 cm³/mol. The topological polar surface area (TPSA) is 85.2 Å². The molecule has 2 rings (SSSR count). The minimum atomic E-state index is -0.567. The molecule has 0 spiro atoms. The number of benzene rings is 1. The van der Waals surface area contributed by atoms with Gasteiger partial charge in [-0.15, -0.1) is 0 Å². The number of primary amides is 1. The molecule has 5 nitrogen and oxygen atoms in total. The van der Waals surface area contributed by atoms with E-state index < -0.39 is 17.5 Å². The average Bonchev–Trinajstić information content (AvgIpc) is 2.73. The van der Waals surface area contributed by atoms with Gasteiger partial charge in [-0.1, -0.05) is 0 Å². The Bertz CT molecular complexity index is 650. The molecule has 5 heteroatoms. The summed E-state index contributed by atoms with van der Waals surface area (Å²) in [6.07, 6.45) is 1.66. The largest absolute Gasteiger partial charge is 0.456 e. The minimum Gasteiger partial charge on any atom is -0.456 e. The summed E-state index contributed by atoms with van der Waals surface area (Å²) in [7, 11) is 0. The van der Waals surface area contributed by atoms with Crippen LogP contribution in [-0.4, -0.2) is 22.5 Å². The number of rotatable bonds is 2. The summed E-state index contributed by atoms with van der Waals surface area (Å²) in [5.41, 5.74) is 6.04. The lowest BCUT2D eigenvalue weighted by Gasteiger charge is -2.19. The fraction of sp³-hybridized carbons (Fsp3) is 0.286. The van der Waals surface area contributed by atoms with E-state index in [0.717, 1.165) is 0 Å². The predicted octanol–water partition coefficient (Wildman–Crippen LogP) is 2.22. The van der Waals surface area contributed by atoms with Crippen LogP contribution in [0.25, 0.3) is 10.9 Å². The summed E-state index contributed by atoms with van der Waals surface area (Å²) < 4.78 is 5.33. The van der Waals surface area contributed by atoms with Crippen molar-refractivity contribution in [3.63, 3.8) is 0 Å². The Labute approximate surface area is 110 Å². The Morgan fingerprint density at radius 3 is 2.37 bits per heavy atom. The van der Waals surface area contributed by atoms with E-state index in [9.17, 15) is 9.59 Å². The van der Waals surface area contributed by atoms with Crippen LogP contribution in [0.15, 0.2) is 24.4 Å². The van der Waals surface area contributed by atoms with Gasteiger partial charge in [-0.3, -0.25) is 4.79 Å². The lowest BCUT2D eigenvalue weighted by molar-refractivity contribution is 0.00717. The van der Waals surface area contributed by atoms with Crippen LogP contribution in [0, 0.1) is 0 Å². The quantitative estimate of drug-likeness (QED) is 0.812. The van der Waals surface area contributed by atoms with Crippen LogP contribution in [0.2, 0.25) is 0 Å². The molecular weight excluding hydrogens is 244 g/mol. The molecule has 1 aromatic heterocycles. The first-order valence-corrected chi connectivity index (χ1v) is 5.93. The van der Waals surface area contributed by atoms with Gasteiger partial charge in [0.05, 0.1) is 16.6 Å². The summed E-state index contributed by atoms with van der Waals surface area (Å²) >= 11 is 0. The molecule has 1 amide bonds. The summed E-state index contributed by atoms with van der Waals surface area (Å²) in [5, 5.41) is 0.630. The minimum absolute atomic E-state index is 0.354. The van der Waals surface area contributed by atoms with Gasteiger partial charge in [0, 0.05) is 11.6 Å². The molecule has 19 heavy (non-hydrogen) atoms. The Kier molecular flexibility index (Phi) is 3.06. The second-order valence-electron chi connectivity index (χ2n) is 5.29. The molecule has 0 atom stereocenters. The number of ether oxygens (including phenoxy) is 1. The van der Waals surface area contributed by atoms with Crippen molar-refractivity contribution in [2.24, 2.45) is 5.73 Å². The van der Waals surface area contributed by atoms with Crippen LogP contribution in [0.1, 0.15) is 41.5 Å². The lowest BCUT2D eigenvalue weighted by Crippen LogP contribution is -2.24. The zero-order valence-electron chi connectivity index (χ0n) is 11.1. The number of aromatic nitrogens is 1. The number of hydrogen-bond donors (Lipinski definition) is 2. The highest BCUT2D eigenvalue weighted by Crippen LogP contribution is 2.23. The number of esters is 1. The van der Waals surface area contributed by atoms with E-state index in [-0.39, 0.29) is 0 Å². The fourth-order valence-electron chi connectivity index (χ4n) is 1.87. The Hall–Kier alpha value is -2.30. The highest BCUT2D eigenvalue weighted by Gasteiger charge is 2.21. The fourth-order valence-corrected chi connectivity index (χ4v) is 1.87. The third-order valence-corrected chi connectivity index (χ3v) is 2.61. The van der Waals surface area contributed by atoms with Gasteiger partial charge in [-0.2, -0.15) is 0 Å². The van der Waals surface area contributed by atoms with E-state index in [0.29, 0.717) is 22.0 Å². The summed E-state index contributed by atoms with van der Waals surface area (Å²) in [6, 6.07) is 4.81. The molecule has 1 aromatic carbocycles. The number of amides is 1. The van der Waals surface area contributed by atoms with Crippen LogP contribution >= 0.6 is 0 Å². The van der Waals surface area contributed by atoms with Crippen molar-refractivity contribution in [1.29, 1.82) is 0 Å². The highest BCUT2D eigenvalue weighted by molar-refractivity contribution is 6.11. The van der Waals surface area contributed by atoms with Gasteiger partial charge >= 0.3 is 5.97 Å². The SMILES string of the molecule is CC(C)(C)OC(=O)c1ccc(C(N)=O)c2[nH]ccc12. The van der Waals surface area contributed by atoms with Crippen LogP contribution in [0.4, 0.5) is 0 Å². The number of aromatic amines is 1. The van der Waals surface area contributed by atoms with Gasteiger partial charge in [-0.25, -0.2) is 4.79 Å². The number of hydrogen-bond acceptors (Lipinski definition) is 3. The van der Waals surface area contributed by atoms with E-state index in [4.69, 9.17) is 10.5 Å². The first-order valence-electron chi connectivity index (χ1n) is 5.93. The highest BCUT2D eigenvalue weighted by atomic mass is 16.6. The van der Waals surface area contributed by atoms with E-state index in [1.807, 2.05) is 0 Å². The van der Waals surface area contributed by atoms with Crippen molar-refractivity contribution in [2.45, 2.75) is 26.4 Å². The molecule has 0 aliphatic carbocycles. The zero-order chi connectivity index (χ0) is 14.2. The van der Waals surface area contributed by atoms with Gasteiger partial charge in [0.15, 0.2) is 0 Å². The van der Waals surface area contributed by atoms with Crippen LogP contribution < -0.4 is 5.73 Å². The van der Waals surface area contributed by atoms with Crippen molar-refractivity contribution >= 4 is 22.8 Å². The number of nitrogens with one attached hydrogen (secondary N) is 1. The molecule has 0 fully saturated rings. The van der Waals surface area contributed by atoms with Gasteiger partial charge < -0.3 is 15.5 Å². The third kappa shape index (κ3) is 2.59. The monoisotopic (exact) mass is 260 g/mol. The normalized spacial score (nSPS) is 11.5. The number of nitrogens with two attached hydrogens (primary N) is 1. The summed E-state index contributed by atoms with van der Waals surface area (Å²) in [5.74, 6) is -0.962. The maximum atomic E-state index is 12.1. The molecule has 1 heterocycles. The molecule has 2 aromatic rings.